The summed E-state index contributed by atoms with van der Waals surface area (Å²) in [5.41, 5.74) is 0. The fraction of sp³-hybridized carbons (Fsp3) is 1.00. The third kappa shape index (κ3) is 4.27. The second-order valence-corrected chi connectivity index (χ2v) is 6.15. The number of thioether (sulfide) groups is 1. The molecule has 0 aromatic rings. The van der Waals surface area contributed by atoms with Crippen molar-refractivity contribution in [2.45, 2.75) is 56.7 Å². The molecule has 0 bridgehead atoms. The largest absolute Gasteiger partial charge is 0.314 e. The first-order chi connectivity index (χ1) is 7.76. The number of hydrogen-bond acceptors (Lipinski definition) is 3. The van der Waals surface area contributed by atoms with Crippen molar-refractivity contribution in [2.24, 2.45) is 0 Å². The predicted octanol–water partition coefficient (Wildman–Crippen LogP) is 2.64. The first-order valence-corrected chi connectivity index (χ1v) is 7.98. The minimum absolute atomic E-state index is 0.453. The lowest BCUT2D eigenvalue weighted by Gasteiger charge is -2.31. The van der Waals surface area contributed by atoms with E-state index in [1.54, 1.807) is 0 Å². The average molecular weight is 244 g/mol. The van der Waals surface area contributed by atoms with Crippen LogP contribution in [0.25, 0.3) is 0 Å². The summed E-state index contributed by atoms with van der Waals surface area (Å²) in [6, 6.07) is 0.710. The highest BCUT2D eigenvalue weighted by atomic mass is 32.2. The second-order valence-electron chi connectivity index (χ2n) is 4.87. The highest BCUT2D eigenvalue weighted by Crippen LogP contribution is 2.29. The smallest absolute Gasteiger partial charge is 0.0276 e. The fourth-order valence-electron chi connectivity index (χ4n) is 2.43. The maximum atomic E-state index is 3.67. The van der Waals surface area contributed by atoms with E-state index in [0.717, 1.165) is 13.1 Å². The molecule has 1 heterocycles. The van der Waals surface area contributed by atoms with Gasteiger partial charge in [0.15, 0.2) is 0 Å². The predicted molar refractivity (Wildman–Crippen MR) is 75.3 cm³/mol. The first-order valence-electron chi connectivity index (χ1n) is 6.75. The van der Waals surface area contributed by atoms with Gasteiger partial charge in [-0.05, 0) is 38.5 Å². The Kier molecular flexibility index (Phi) is 6.78. The molecule has 0 aromatic heterocycles. The molecule has 1 fully saturated rings. The topological polar surface area (TPSA) is 24.1 Å². The van der Waals surface area contributed by atoms with Gasteiger partial charge >= 0.3 is 0 Å². The Labute approximate surface area is 105 Å². The van der Waals surface area contributed by atoms with Gasteiger partial charge in [0.25, 0.3) is 0 Å². The van der Waals surface area contributed by atoms with E-state index in [2.05, 4.69) is 30.7 Å². The minimum atomic E-state index is 0.453. The van der Waals surface area contributed by atoms with Crippen LogP contribution in [-0.4, -0.2) is 36.7 Å². The first kappa shape index (κ1) is 14.3. The van der Waals surface area contributed by atoms with Crippen molar-refractivity contribution in [3.63, 3.8) is 0 Å². The highest BCUT2D eigenvalue weighted by molar-refractivity contribution is 8.00. The van der Waals surface area contributed by atoms with Gasteiger partial charge in [-0.1, -0.05) is 20.3 Å². The summed E-state index contributed by atoms with van der Waals surface area (Å²) in [7, 11) is 0. The van der Waals surface area contributed by atoms with Crippen LogP contribution in [0.5, 0.6) is 0 Å². The molecule has 1 saturated heterocycles. The van der Waals surface area contributed by atoms with Crippen molar-refractivity contribution >= 4 is 11.8 Å². The summed E-state index contributed by atoms with van der Waals surface area (Å²) >= 11 is 2.02. The molecule has 2 nitrogen and oxygen atoms in total. The molecule has 0 radical (unpaired) electrons. The standard InChI is InChI=1S/C13H28N2S/c1-4-13(5-2,16-3)11-14-10-12-8-6-7-9-15-12/h12,14-15H,4-11H2,1-3H3. The maximum Gasteiger partial charge on any atom is 0.0276 e. The summed E-state index contributed by atoms with van der Waals surface area (Å²) in [6.45, 7) is 8.12. The summed E-state index contributed by atoms with van der Waals surface area (Å²) in [6.07, 6.45) is 8.86. The third-order valence-corrected chi connectivity index (χ3v) is 5.56. The molecule has 1 unspecified atom stereocenters. The van der Waals surface area contributed by atoms with Crippen LogP contribution < -0.4 is 10.6 Å². The number of hydrogen-bond donors (Lipinski definition) is 2. The van der Waals surface area contributed by atoms with E-state index < -0.39 is 0 Å². The van der Waals surface area contributed by atoms with Gasteiger partial charge in [0.2, 0.25) is 0 Å². The van der Waals surface area contributed by atoms with E-state index in [4.69, 9.17) is 0 Å². The van der Waals surface area contributed by atoms with Crippen molar-refractivity contribution in [3.8, 4) is 0 Å². The Balaban J connectivity index is 2.21. The zero-order chi connectivity index (χ0) is 11.9. The molecule has 0 spiro atoms. The number of piperidine rings is 1. The van der Waals surface area contributed by atoms with Crippen LogP contribution in [0.3, 0.4) is 0 Å². The molecule has 16 heavy (non-hydrogen) atoms. The third-order valence-electron chi connectivity index (χ3n) is 3.97. The van der Waals surface area contributed by atoms with Crippen molar-refractivity contribution in [1.82, 2.24) is 10.6 Å². The van der Waals surface area contributed by atoms with Crippen molar-refractivity contribution in [1.29, 1.82) is 0 Å². The Bertz CT molecular complexity index is 167. The molecule has 1 aliphatic heterocycles. The minimum Gasteiger partial charge on any atom is -0.314 e. The van der Waals surface area contributed by atoms with E-state index in [9.17, 15) is 0 Å². The van der Waals surface area contributed by atoms with Gasteiger partial charge in [-0.3, -0.25) is 0 Å². The van der Waals surface area contributed by atoms with Crippen LogP contribution in [-0.2, 0) is 0 Å². The van der Waals surface area contributed by atoms with Gasteiger partial charge in [-0.2, -0.15) is 11.8 Å². The highest BCUT2D eigenvalue weighted by Gasteiger charge is 2.24. The van der Waals surface area contributed by atoms with E-state index >= 15 is 0 Å². The molecule has 0 amide bonds. The van der Waals surface area contributed by atoms with E-state index in [-0.39, 0.29) is 0 Å². The van der Waals surface area contributed by atoms with Crippen LogP contribution in [0.2, 0.25) is 0 Å². The van der Waals surface area contributed by atoms with E-state index in [0.29, 0.717) is 10.8 Å². The van der Waals surface area contributed by atoms with Crippen molar-refractivity contribution in [3.05, 3.63) is 0 Å². The zero-order valence-electron chi connectivity index (χ0n) is 11.1. The molecule has 0 saturated carbocycles. The molecule has 1 aliphatic rings. The van der Waals surface area contributed by atoms with Crippen LogP contribution in [0, 0.1) is 0 Å². The van der Waals surface area contributed by atoms with E-state index in [1.165, 1.54) is 38.6 Å². The monoisotopic (exact) mass is 244 g/mol. The normalized spacial score (nSPS) is 22.3. The van der Waals surface area contributed by atoms with Crippen LogP contribution in [0.4, 0.5) is 0 Å². The lowest BCUT2D eigenvalue weighted by atomic mass is 10.0. The lowest BCUT2D eigenvalue weighted by molar-refractivity contribution is 0.372. The maximum absolute atomic E-state index is 3.67. The van der Waals surface area contributed by atoms with Gasteiger partial charge in [-0.15, -0.1) is 0 Å². The van der Waals surface area contributed by atoms with E-state index in [1.807, 2.05) is 11.8 Å². The van der Waals surface area contributed by atoms with Gasteiger partial charge in [0.05, 0.1) is 0 Å². The van der Waals surface area contributed by atoms with Crippen molar-refractivity contribution in [2.75, 3.05) is 25.9 Å². The van der Waals surface area contributed by atoms with Gasteiger partial charge in [0.1, 0.15) is 0 Å². The van der Waals surface area contributed by atoms with Crippen molar-refractivity contribution < 1.29 is 0 Å². The molecule has 1 atom stereocenters. The molecule has 1 rings (SSSR count). The number of rotatable bonds is 7. The molecular formula is C13H28N2S. The Morgan fingerprint density at radius 1 is 1.31 bits per heavy atom. The fourth-order valence-corrected chi connectivity index (χ4v) is 3.26. The Hall–Kier alpha value is 0.270. The van der Waals surface area contributed by atoms with Gasteiger partial charge in [-0.25, -0.2) is 0 Å². The average Bonchev–Trinajstić information content (AvgIpc) is 2.37. The lowest BCUT2D eigenvalue weighted by Crippen LogP contribution is -2.45. The summed E-state index contributed by atoms with van der Waals surface area (Å²) < 4.78 is 0.453. The van der Waals surface area contributed by atoms with Crippen LogP contribution in [0.15, 0.2) is 0 Å². The molecule has 2 N–H and O–H groups in total. The van der Waals surface area contributed by atoms with Crippen LogP contribution in [0.1, 0.15) is 46.0 Å². The molecule has 3 heteroatoms. The summed E-state index contributed by atoms with van der Waals surface area (Å²) in [5, 5.41) is 7.26. The SMILES string of the molecule is CCC(CC)(CNCC1CCCCN1)SC. The summed E-state index contributed by atoms with van der Waals surface area (Å²) in [4.78, 5) is 0. The van der Waals surface area contributed by atoms with Gasteiger partial charge in [0, 0.05) is 23.9 Å². The Morgan fingerprint density at radius 3 is 2.56 bits per heavy atom. The summed E-state index contributed by atoms with van der Waals surface area (Å²) in [5.74, 6) is 0. The molecule has 0 aliphatic carbocycles. The quantitative estimate of drug-likeness (QED) is 0.720. The molecule has 0 aromatic carbocycles. The molecule has 96 valence electrons. The second kappa shape index (κ2) is 7.57. The van der Waals surface area contributed by atoms with Gasteiger partial charge < -0.3 is 10.6 Å². The van der Waals surface area contributed by atoms with Crippen LogP contribution >= 0.6 is 11.8 Å². The Morgan fingerprint density at radius 2 is 2.06 bits per heavy atom. The molecular weight excluding hydrogens is 216 g/mol. The number of nitrogens with one attached hydrogen (secondary N) is 2. The zero-order valence-corrected chi connectivity index (χ0v) is 12.0.